The lowest BCUT2D eigenvalue weighted by Gasteiger charge is -2.16. The highest BCUT2D eigenvalue weighted by molar-refractivity contribution is 5.87. The maximum Gasteiger partial charge on any atom is 0.240 e. The van der Waals surface area contributed by atoms with Crippen molar-refractivity contribution in [1.29, 1.82) is 5.26 Å². The number of primary amides is 1. The summed E-state index contributed by atoms with van der Waals surface area (Å²) in [7, 11) is 0. The molecule has 0 saturated heterocycles. The summed E-state index contributed by atoms with van der Waals surface area (Å²) in [5, 5.41) is 11.5. The van der Waals surface area contributed by atoms with Crippen LogP contribution in [-0.2, 0) is 22.4 Å². The van der Waals surface area contributed by atoms with Crippen molar-refractivity contribution in [3.63, 3.8) is 0 Å². The molecule has 0 spiro atoms. The van der Waals surface area contributed by atoms with E-state index in [-0.39, 0.29) is 18.4 Å². The van der Waals surface area contributed by atoms with Crippen LogP contribution in [0.4, 0.5) is 8.78 Å². The average molecular weight is 343 g/mol. The molecule has 2 aromatic carbocycles. The van der Waals surface area contributed by atoms with Gasteiger partial charge in [-0.3, -0.25) is 9.59 Å². The summed E-state index contributed by atoms with van der Waals surface area (Å²) >= 11 is 0. The van der Waals surface area contributed by atoms with Gasteiger partial charge < -0.3 is 11.1 Å². The molecule has 2 amide bonds. The molecule has 5 nitrogen and oxygen atoms in total. The highest BCUT2D eigenvalue weighted by Gasteiger charge is 2.20. The Morgan fingerprint density at radius 2 is 1.88 bits per heavy atom. The number of nitrogens with two attached hydrogens (primary N) is 1. The van der Waals surface area contributed by atoms with Crippen LogP contribution >= 0.6 is 0 Å². The number of benzene rings is 2. The molecule has 0 bridgehead atoms. The van der Waals surface area contributed by atoms with Gasteiger partial charge in [0.2, 0.25) is 11.8 Å². The van der Waals surface area contributed by atoms with Gasteiger partial charge in [-0.1, -0.05) is 24.3 Å². The standard InChI is InChI=1S/C18H15F2N3O2/c19-14-6-5-11(7-15(14)20)8-17(24)23-16(18(22)25)9-12-3-1-2-4-13(12)10-21/h1-7,16H,8-9H2,(H2,22,25)(H,23,24)/t16-/m0/s1. The van der Waals surface area contributed by atoms with Gasteiger partial charge in [0.15, 0.2) is 11.6 Å². The number of carbonyl (C=O) groups excluding carboxylic acids is 2. The molecule has 25 heavy (non-hydrogen) atoms. The smallest absolute Gasteiger partial charge is 0.240 e. The Hall–Kier alpha value is -3.27. The van der Waals surface area contributed by atoms with Gasteiger partial charge in [-0.25, -0.2) is 8.78 Å². The van der Waals surface area contributed by atoms with Crippen LogP contribution in [0.25, 0.3) is 0 Å². The van der Waals surface area contributed by atoms with E-state index in [2.05, 4.69) is 5.32 Å². The van der Waals surface area contributed by atoms with E-state index in [1.807, 2.05) is 6.07 Å². The van der Waals surface area contributed by atoms with Crippen molar-refractivity contribution in [1.82, 2.24) is 5.32 Å². The van der Waals surface area contributed by atoms with Crippen LogP contribution in [-0.4, -0.2) is 17.9 Å². The molecule has 0 fully saturated rings. The minimum atomic E-state index is -1.06. The second kappa shape index (κ2) is 8.02. The number of nitriles is 1. The van der Waals surface area contributed by atoms with E-state index in [4.69, 9.17) is 11.0 Å². The molecule has 0 radical (unpaired) electrons. The number of hydrogen-bond acceptors (Lipinski definition) is 3. The third kappa shape index (κ3) is 4.85. The van der Waals surface area contributed by atoms with Crippen LogP contribution in [0.3, 0.4) is 0 Å². The number of nitrogens with zero attached hydrogens (tertiary/aromatic N) is 1. The van der Waals surface area contributed by atoms with Gasteiger partial charge in [0.05, 0.1) is 18.1 Å². The highest BCUT2D eigenvalue weighted by atomic mass is 19.2. The Kier molecular flexibility index (Phi) is 5.79. The van der Waals surface area contributed by atoms with Crippen LogP contribution in [0.15, 0.2) is 42.5 Å². The maximum absolute atomic E-state index is 13.2. The van der Waals surface area contributed by atoms with E-state index in [9.17, 15) is 18.4 Å². The molecular formula is C18H15F2N3O2. The molecule has 0 aliphatic heterocycles. The minimum absolute atomic E-state index is 0.0581. The third-order valence-corrected chi connectivity index (χ3v) is 3.59. The number of amides is 2. The van der Waals surface area contributed by atoms with E-state index in [1.54, 1.807) is 24.3 Å². The van der Waals surface area contributed by atoms with Crippen molar-refractivity contribution in [2.75, 3.05) is 0 Å². The monoisotopic (exact) mass is 343 g/mol. The highest BCUT2D eigenvalue weighted by Crippen LogP contribution is 2.12. The molecule has 0 unspecified atom stereocenters. The summed E-state index contributed by atoms with van der Waals surface area (Å²) < 4.78 is 26.1. The zero-order valence-corrected chi connectivity index (χ0v) is 13.1. The van der Waals surface area contributed by atoms with Crippen molar-refractivity contribution in [3.05, 3.63) is 70.8 Å². The van der Waals surface area contributed by atoms with Gasteiger partial charge in [0.1, 0.15) is 6.04 Å². The first-order valence-electron chi connectivity index (χ1n) is 7.41. The second-order valence-corrected chi connectivity index (χ2v) is 5.42. The molecule has 7 heteroatoms. The summed E-state index contributed by atoms with van der Waals surface area (Å²) in [6, 6.07) is 10.7. The fraction of sp³-hybridized carbons (Fsp3) is 0.167. The van der Waals surface area contributed by atoms with Gasteiger partial charge in [0, 0.05) is 6.42 Å². The van der Waals surface area contributed by atoms with Crippen molar-refractivity contribution < 1.29 is 18.4 Å². The van der Waals surface area contributed by atoms with Crippen LogP contribution in [0, 0.1) is 23.0 Å². The van der Waals surface area contributed by atoms with Gasteiger partial charge in [-0.05, 0) is 29.3 Å². The summed E-state index contributed by atoms with van der Waals surface area (Å²) in [6.45, 7) is 0. The Morgan fingerprint density at radius 1 is 1.16 bits per heavy atom. The average Bonchev–Trinajstić information content (AvgIpc) is 2.58. The second-order valence-electron chi connectivity index (χ2n) is 5.42. The van der Waals surface area contributed by atoms with E-state index in [0.717, 1.165) is 12.1 Å². The van der Waals surface area contributed by atoms with Crippen LogP contribution in [0.5, 0.6) is 0 Å². The Bertz CT molecular complexity index is 846. The normalized spacial score (nSPS) is 11.4. The molecule has 0 aliphatic carbocycles. The molecule has 1 atom stereocenters. The van der Waals surface area contributed by atoms with Gasteiger partial charge in [-0.2, -0.15) is 5.26 Å². The van der Waals surface area contributed by atoms with Crippen molar-refractivity contribution in [2.24, 2.45) is 5.73 Å². The predicted octanol–water partition coefficient (Wildman–Crippen LogP) is 1.59. The zero-order valence-electron chi connectivity index (χ0n) is 13.1. The summed E-state index contributed by atoms with van der Waals surface area (Å²) in [5.41, 5.74) is 6.53. The maximum atomic E-state index is 13.2. The minimum Gasteiger partial charge on any atom is -0.368 e. The van der Waals surface area contributed by atoms with Crippen LogP contribution in [0.2, 0.25) is 0 Å². The molecule has 3 N–H and O–H groups in total. The Morgan fingerprint density at radius 3 is 2.52 bits per heavy atom. The number of rotatable bonds is 6. The predicted molar refractivity (Wildman–Crippen MR) is 86.0 cm³/mol. The van der Waals surface area contributed by atoms with E-state index < -0.39 is 29.5 Å². The SMILES string of the molecule is N#Cc1ccccc1C[C@H](NC(=O)Cc1ccc(F)c(F)c1)C(N)=O. The quantitative estimate of drug-likeness (QED) is 0.834. The fourth-order valence-corrected chi connectivity index (χ4v) is 2.33. The molecule has 0 saturated carbocycles. The topological polar surface area (TPSA) is 96.0 Å². The molecule has 128 valence electrons. The third-order valence-electron chi connectivity index (χ3n) is 3.59. The van der Waals surface area contributed by atoms with E-state index in [1.165, 1.54) is 6.07 Å². The van der Waals surface area contributed by atoms with Crippen molar-refractivity contribution in [3.8, 4) is 6.07 Å². The molecular weight excluding hydrogens is 328 g/mol. The van der Waals surface area contributed by atoms with Gasteiger partial charge in [0.25, 0.3) is 0 Å². The van der Waals surface area contributed by atoms with E-state index in [0.29, 0.717) is 11.1 Å². The van der Waals surface area contributed by atoms with Crippen molar-refractivity contribution in [2.45, 2.75) is 18.9 Å². The first-order chi connectivity index (χ1) is 11.9. The van der Waals surface area contributed by atoms with Gasteiger partial charge >= 0.3 is 0 Å². The lowest BCUT2D eigenvalue weighted by Crippen LogP contribution is -2.46. The lowest BCUT2D eigenvalue weighted by atomic mass is 10.00. The van der Waals surface area contributed by atoms with Crippen molar-refractivity contribution >= 4 is 11.8 Å². The first kappa shape index (κ1) is 18.1. The number of nitrogens with one attached hydrogen (secondary N) is 1. The number of carbonyl (C=O) groups is 2. The molecule has 2 rings (SSSR count). The summed E-state index contributed by atoms with van der Waals surface area (Å²) in [4.78, 5) is 23.7. The molecule has 2 aromatic rings. The molecule has 0 heterocycles. The zero-order chi connectivity index (χ0) is 18.4. The van der Waals surface area contributed by atoms with E-state index >= 15 is 0 Å². The molecule has 0 aromatic heterocycles. The van der Waals surface area contributed by atoms with Crippen LogP contribution < -0.4 is 11.1 Å². The Labute approximate surface area is 143 Å². The lowest BCUT2D eigenvalue weighted by molar-refractivity contribution is -0.127. The molecule has 0 aliphatic rings. The fourth-order valence-electron chi connectivity index (χ4n) is 2.33. The van der Waals surface area contributed by atoms with Gasteiger partial charge in [-0.15, -0.1) is 0 Å². The van der Waals surface area contributed by atoms with Crippen LogP contribution in [0.1, 0.15) is 16.7 Å². The Balaban J connectivity index is 2.08. The summed E-state index contributed by atoms with van der Waals surface area (Å²) in [5.74, 6) is -3.39. The first-order valence-corrected chi connectivity index (χ1v) is 7.41. The number of halogens is 2. The largest absolute Gasteiger partial charge is 0.368 e. The summed E-state index contributed by atoms with van der Waals surface area (Å²) in [6.07, 6.45) is -0.177. The number of hydrogen-bond donors (Lipinski definition) is 2.